The molecule has 0 aromatic rings. The van der Waals surface area contributed by atoms with Crippen LogP contribution in [-0.2, 0) is 4.79 Å². The first-order valence-corrected chi connectivity index (χ1v) is 5.25. The van der Waals surface area contributed by atoms with Crippen LogP contribution >= 0.6 is 0 Å². The zero-order valence-corrected chi connectivity index (χ0v) is 9.81. The first-order chi connectivity index (χ1) is 7.06. The van der Waals surface area contributed by atoms with Gasteiger partial charge in [-0.2, -0.15) is 0 Å². The lowest BCUT2D eigenvalue weighted by Gasteiger charge is -1.99. The van der Waals surface area contributed by atoms with Crippen molar-refractivity contribution in [2.24, 2.45) is 0 Å². The lowest BCUT2D eigenvalue weighted by atomic mass is 10.1. The van der Waals surface area contributed by atoms with E-state index >= 15 is 0 Å². The first kappa shape index (κ1) is 13.7. The second-order valence-corrected chi connectivity index (χ2v) is 3.86. The normalized spacial score (nSPS) is 10.7. The number of carbonyl (C=O) groups excluding carboxylic acids is 1. The summed E-state index contributed by atoms with van der Waals surface area (Å²) in [6.07, 6.45) is 7.01. The highest BCUT2D eigenvalue weighted by atomic mass is 16.1. The third-order valence-electron chi connectivity index (χ3n) is 2.09. The third-order valence-corrected chi connectivity index (χ3v) is 2.09. The van der Waals surface area contributed by atoms with Crippen LogP contribution in [0.2, 0.25) is 0 Å². The highest BCUT2D eigenvalue weighted by Crippen LogP contribution is 2.09. The van der Waals surface area contributed by atoms with Gasteiger partial charge in [-0.15, -0.1) is 12.3 Å². The zero-order valence-electron chi connectivity index (χ0n) is 9.81. The van der Waals surface area contributed by atoms with Crippen molar-refractivity contribution in [1.29, 1.82) is 0 Å². The van der Waals surface area contributed by atoms with Crippen molar-refractivity contribution in [2.45, 2.75) is 39.5 Å². The fraction of sp³-hybridized carbons (Fsp3) is 0.429. The number of rotatable bonds is 7. The minimum absolute atomic E-state index is 0.0950. The van der Waals surface area contributed by atoms with E-state index < -0.39 is 0 Å². The Labute approximate surface area is 92.9 Å². The first-order valence-electron chi connectivity index (χ1n) is 5.25. The van der Waals surface area contributed by atoms with Crippen molar-refractivity contribution < 1.29 is 4.79 Å². The topological polar surface area (TPSA) is 17.1 Å². The smallest absolute Gasteiger partial charge is 0.163 e. The molecule has 0 aromatic heterocycles. The molecule has 0 heterocycles. The Balaban J connectivity index is 3.82. The van der Waals surface area contributed by atoms with Crippen molar-refractivity contribution in [3.8, 4) is 0 Å². The van der Waals surface area contributed by atoms with Gasteiger partial charge >= 0.3 is 0 Å². The number of ketones is 1. The fourth-order valence-corrected chi connectivity index (χ4v) is 1.17. The minimum Gasteiger partial charge on any atom is -0.294 e. The van der Waals surface area contributed by atoms with Crippen molar-refractivity contribution in [3.05, 3.63) is 42.2 Å². The molecule has 0 radical (unpaired) electrons. The Bertz CT molecular complexity index is 301. The molecule has 1 heteroatoms. The third kappa shape index (κ3) is 8.99. The van der Waals surface area contributed by atoms with Crippen LogP contribution < -0.4 is 0 Å². The summed E-state index contributed by atoms with van der Waals surface area (Å²) >= 11 is 0. The summed E-state index contributed by atoms with van der Waals surface area (Å²) in [6.45, 7) is 11.3. The summed E-state index contributed by atoms with van der Waals surface area (Å²) in [6, 6.07) is 0. The van der Waals surface area contributed by atoms with Gasteiger partial charge in [-0.3, -0.25) is 4.79 Å². The second kappa shape index (κ2) is 8.02. The Kier molecular flexibility index (Phi) is 7.31. The molecule has 82 valence electrons. The van der Waals surface area contributed by atoms with Crippen LogP contribution in [0.5, 0.6) is 0 Å². The predicted molar refractivity (Wildman–Crippen MR) is 65.8 cm³/mol. The van der Waals surface area contributed by atoms with Gasteiger partial charge in [0, 0.05) is 12.5 Å². The van der Waals surface area contributed by atoms with Crippen LogP contribution in [0.25, 0.3) is 0 Å². The Morgan fingerprint density at radius 1 is 1.27 bits per heavy atom. The SMILES string of the molecule is C=C=CC(=O)CC/C(C)=C/CCC(=C)C. The maximum atomic E-state index is 11.1. The van der Waals surface area contributed by atoms with E-state index in [0.29, 0.717) is 6.42 Å². The van der Waals surface area contributed by atoms with Crippen molar-refractivity contribution in [3.63, 3.8) is 0 Å². The molecule has 15 heavy (non-hydrogen) atoms. The summed E-state index contributed by atoms with van der Waals surface area (Å²) < 4.78 is 0. The summed E-state index contributed by atoms with van der Waals surface area (Å²) in [5.74, 6) is 0.0950. The molecule has 0 aliphatic heterocycles. The molecule has 0 fully saturated rings. The van der Waals surface area contributed by atoms with Gasteiger partial charge in [0.1, 0.15) is 0 Å². The van der Waals surface area contributed by atoms with E-state index in [9.17, 15) is 4.79 Å². The van der Waals surface area contributed by atoms with Gasteiger partial charge in [0.05, 0.1) is 0 Å². The van der Waals surface area contributed by atoms with Gasteiger partial charge in [-0.05, 0) is 33.1 Å². The lowest BCUT2D eigenvalue weighted by molar-refractivity contribution is -0.114. The molecule has 0 spiro atoms. The quantitative estimate of drug-likeness (QED) is 0.348. The molecule has 0 rings (SSSR count). The lowest BCUT2D eigenvalue weighted by Crippen LogP contribution is -1.92. The van der Waals surface area contributed by atoms with E-state index in [1.807, 2.05) is 6.92 Å². The second-order valence-electron chi connectivity index (χ2n) is 3.86. The largest absolute Gasteiger partial charge is 0.294 e. The highest BCUT2D eigenvalue weighted by molar-refractivity contribution is 5.89. The van der Waals surface area contributed by atoms with Gasteiger partial charge in [0.15, 0.2) is 5.78 Å². The van der Waals surface area contributed by atoms with Gasteiger partial charge in [-0.25, -0.2) is 0 Å². The van der Waals surface area contributed by atoms with Gasteiger partial charge in [0.25, 0.3) is 0 Å². The molecular weight excluding hydrogens is 184 g/mol. The number of hydrogen-bond acceptors (Lipinski definition) is 1. The van der Waals surface area contributed by atoms with Gasteiger partial charge in [0.2, 0.25) is 0 Å². The number of allylic oxidation sites excluding steroid dienone is 4. The Morgan fingerprint density at radius 3 is 2.47 bits per heavy atom. The molecule has 0 aliphatic rings. The van der Waals surface area contributed by atoms with Crippen molar-refractivity contribution in [1.82, 2.24) is 0 Å². The molecular formula is C14H20O. The molecule has 0 saturated carbocycles. The average Bonchev–Trinajstić information content (AvgIpc) is 2.14. The highest BCUT2D eigenvalue weighted by Gasteiger charge is 1.97. The molecule has 0 saturated heterocycles. The molecule has 0 unspecified atom stereocenters. The summed E-state index contributed by atoms with van der Waals surface area (Å²) in [7, 11) is 0. The van der Waals surface area contributed by atoms with Gasteiger partial charge < -0.3 is 0 Å². The standard InChI is InChI=1S/C14H20O/c1-5-7-14(15)11-10-13(4)9-6-8-12(2)3/h7,9H,1-2,6,8,10-11H2,3-4H3/b13-9+. The maximum Gasteiger partial charge on any atom is 0.163 e. The van der Waals surface area contributed by atoms with E-state index in [2.05, 4.69) is 31.9 Å². The molecule has 0 aliphatic carbocycles. The summed E-state index contributed by atoms with van der Waals surface area (Å²) in [5.41, 5.74) is 4.96. The monoisotopic (exact) mass is 204 g/mol. The van der Waals surface area contributed by atoms with E-state index in [1.165, 1.54) is 17.2 Å². The minimum atomic E-state index is 0.0950. The summed E-state index contributed by atoms with van der Waals surface area (Å²) in [5, 5.41) is 0. The molecule has 0 amide bonds. The molecule has 0 aromatic carbocycles. The van der Waals surface area contributed by atoms with Crippen molar-refractivity contribution in [2.75, 3.05) is 0 Å². The zero-order chi connectivity index (χ0) is 11.7. The predicted octanol–water partition coefficient (Wildman–Crippen LogP) is 3.98. The fourth-order valence-electron chi connectivity index (χ4n) is 1.17. The maximum absolute atomic E-state index is 11.1. The van der Waals surface area contributed by atoms with E-state index in [-0.39, 0.29) is 5.78 Å². The van der Waals surface area contributed by atoms with Crippen LogP contribution in [0.4, 0.5) is 0 Å². The molecule has 0 atom stereocenters. The van der Waals surface area contributed by atoms with Crippen LogP contribution in [-0.4, -0.2) is 5.78 Å². The Morgan fingerprint density at radius 2 is 1.93 bits per heavy atom. The summed E-state index contributed by atoms with van der Waals surface area (Å²) in [4.78, 5) is 11.1. The molecule has 0 N–H and O–H groups in total. The van der Waals surface area contributed by atoms with Crippen LogP contribution in [0.3, 0.4) is 0 Å². The van der Waals surface area contributed by atoms with E-state index in [0.717, 1.165) is 19.3 Å². The van der Waals surface area contributed by atoms with E-state index in [4.69, 9.17) is 0 Å². The molecule has 1 nitrogen and oxygen atoms in total. The average molecular weight is 204 g/mol. The Hall–Kier alpha value is -1.33. The van der Waals surface area contributed by atoms with Crippen LogP contribution in [0.1, 0.15) is 39.5 Å². The van der Waals surface area contributed by atoms with Crippen LogP contribution in [0.15, 0.2) is 42.2 Å². The number of hydrogen-bond donors (Lipinski definition) is 0. The number of carbonyl (C=O) groups is 1. The van der Waals surface area contributed by atoms with Crippen molar-refractivity contribution >= 4 is 5.78 Å². The van der Waals surface area contributed by atoms with Crippen LogP contribution in [0, 0.1) is 0 Å². The molecule has 0 bridgehead atoms. The van der Waals surface area contributed by atoms with Gasteiger partial charge in [-0.1, -0.05) is 23.8 Å². The van der Waals surface area contributed by atoms with E-state index in [1.54, 1.807) is 0 Å².